The Morgan fingerprint density at radius 2 is 1.94 bits per heavy atom. The molecule has 0 atom stereocenters. The maximum Gasteiger partial charge on any atom is 0.0958 e. The van der Waals surface area contributed by atoms with Crippen molar-refractivity contribution in [3.8, 4) is 0 Å². The van der Waals surface area contributed by atoms with E-state index in [0.29, 0.717) is 5.41 Å². The quantitative estimate of drug-likeness (QED) is 0.772. The zero-order valence-corrected chi connectivity index (χ0v) is 10.9. The largest absolute Gasteiger partial charge is 0.360 e. The van der Waals surface area contributed by atoms with Gasteiger partial charge >= 0.3 is 0 Å². The summed E-state index contributed by atoms with van der Waals surface area (Å²) in [5, 5.41) is 7.96. The number of hydrogen-bond acceptors (Lipinski definition) is 1. The van der Waals surface area contributed by atoms with E-state index in [9.17, 15) is 0 Å². The summed E-state index contributed by atoms with van der Waals surface area (Å²) < 4.78 is 0. The third-order valence-electron chi connectivity index (χ3n) is 4.26. The minimum Gasteiger partial charge on any atom is -0.360 e. The van der Waals surface area contributed by atoms with E-state index < -0.39 is 0 Å². The Hall–Kier alpha value is -0.530. The second kappa shape index (κ2) is 4.77. The molecule has 2 nitrogen and oxygen atoms in total. The van der Waals surface area contributed by atoms with Crippen LogP contribution in [0.3, 0.4) is 0 Å². The van der Waals surface area contributed by atoms with Crippen LogP contribution < -0.4 is 0 Å². The molecule has 0 aromatic carbocycles. The van der Waals surface area contributed by atoms with Crippen molar-refractivity contribution in [1.29, 1.82) is 5.41 Å². The first kappa shape index (κ1) is 11.9. The summed E-state index contributed by atoms with van der Waals surface area (Å²) in [6, 6.07) is 0. The standard InChI is InChI=1S/C14H26N2/c1-12(2)10-14(7-3-4-8-14)11-16-9-5-6-13(16)15/h12,15H,3-11H2,1-2H3. The smallest absolute Gasteiger partial charge is 0.0958 e. The third-order valence-corrected chi connectivity index (χ3v) is 4.26. The molecule has 1 heterocycles. The van der Waals surface area contributed by atoms with Crippen LogP contribution in [0.2, 0.25) is 0 Å². The minimum absolute atomic E-state index is 0.546. The molecule has 1 saturated carbocycles. The van der Waals surface area contributed by atoms with Gasteiger partial charge in [-0.1, -0.05) is 26.7 Å². The summed E-state index contributed by atoms with van der Waals surface area (Å²) in [5.74, 6) is 1.70. The highest BCUT2D eigenvalue weighted by molar-refractivity contribution is 5.80. The first-order chi connectivity index (χ1) is 7.61. The molecule has 1 saturated heterocycles. The SMILES string of the molecule is CC(C)CC1(CN2CCCC2=N)CCCC1. The molecule has 0 spiro atoms. The molecule has 2 rings (SSSR count). The Bertz CT molecular complexity index is 251. The maximum absolute atomic E-state index is 7.96. The molecule has 2 fully saturated rings. The third kappa shape index (κ3) is 2.58. The molecule has 2 aliphatic rings. The zero-order valence-electron chi connectivity index (χ0n) is 10.9. The van der Waals surface area contributed by atoms with E-state index in [1.165, 1.54) is 45.1 Å². The molecule has 1 aliphatic carbocycles. The van der Waals surface area contributed by atoms with Gasteiger partial charge in [0.15, 0.2) is 0 Å². The van der Waals surface area contributed by atoms with Gasteiger partial charge in [-0.15, -0.1) is 0 Å². The summed E-state index contributed by atoms with van der Waals surface area (Å²) in [6.45, 7) is 6.99. The van der Waals surface area contributed by atoms with Crippen molar-refractivity contribution in [3.05, 3.63) is 0 Å². The van der Waals surface area contributed by atoms with E-state index >= 15 is 0 Å². The van der Waals surface area contributed by atoms with Gasteiger partial charge < -0.3 is 4.90 Å². The molecule has 1 aliphatic heterocycles. The van der Waals surface area contributed by atoms with Crippen molar-refractivity contribution in [2.45, 2.75) is 58.8 Å². The van der Waals surface area contributed by atoms with Gasteiger partial charge in [0, 0.05) is 19.5 Å². The zero-order chi connectivity index (χ0) is 11.6. The molecule has 0 radical (unpaired) electrons. The van der Waals surface area contributed by atoms with Gasteiger partial charge in [-0.25, -0.2) is 0 Å². The molecular formula is C14H26N2. The van der Waals surface area contributed by atoms with Crippen molar-refractivity contribution >= 4 is 5.84 Å². The Balaban J connectivity index is 1.99. The molecule has 0 amide bonds. The van der Waals surface area contributed by atoms with Crippen LogP contribution in [0, 0.1) is 16.7 Å². The van der Waals surface area contributed by atoms with Crippen LogP contribution in [0.1, 0.15) is 58.8 Å². The Morgan fingerprint density at radius 3 is 2.44 bits per heavy atom. The van der Waals surface area contributed by atoms with Crippen LogP contribution >= 0.6 is 0 Å². The monoisotopic (exact) mass is 222 g/mol. The lowest BCUT2D eigenvalue weighted by atomic mass is 9.78. The lowest BCUT2D eigenvalue weighted by Gasteiger charge is -2.35. The van der Waals surface area contributed by atoms with E-state index in [4.69, 9.17) is 5.41 Å². The van der Waals surface area contributed by atoms with Gasteiger partial charge in [0.1, 0.15) is 0 Å². The second-order valence-electron chi connectivity index (χ2n) is 6.28. The van der Waals surface area contributed by atoms with Crippen molar-refractivity contribution in [1.82, 2.24) is 4.90 Å². The molecule has 92 valence electrons. The summed E-state index contributed by atoms with van der Waals surface area (Å²) in [7, 11) is 0. The van der Waals surface area contributed by atoms with Crippen molar-refractivity contribution < 1.29 is 0 Å². The normalized spacial score (nSPS) is 24.7. The Morgan fingerprint density at radius 1 is 1.25 bits per heavy atom. The first-order valence-electron chi connectivity index (χ1n) is 6.94. The van der Waals surface area contributed by atoms with Gasteiger partial charge in [-0.05, 0) is 37.0 Å². The summed E-state index contributed by atoms with van der Waals surface area (Å²) >= 11 is 0. The second-order valence-corrected chi connectivity index (χ2v) is 6.28. The van der Waals surface area contributed by atoms with E-state index in [0.717, 1.165) is 24.7 Å². The van der Waals surface area contributed by atoms with Gasteiger partial charge in [-0.2, -0.15) is 0 Å². The fraction of sp³-hybridized carbons (Fsp3) is 0.929. The summed E-state index contributed by atoms with van der Waals surface area (Å²) in [5.41, 5.74) is 0.546. The van der Waals surface area contributed by atoms with Crippen LogP contribution in [-0.4, -0.2) is 23.8 Å². The van der Waals surface area contributed by atoms with Crippen molar-refractivity contribution in [3.63, 3.8) is 0 Å². The Labute approximate surface area is 99.9 Å². The Kier molecular flexibility index (Phi) is 3.56. The lowest BCUT2D eigenvalue weighted by molar-refractivity contribution is 0.179. The van der Waals surface area contributed by atoms with Gasteiger partial charge in [0.2, 0.25) is 0 Å². The van der Waals surface area contributed by atoms with Crippen LogP contribution in [0.4, 0.5) is 0 Å². The van der Waals surface area contributed by atoms with Crippen LogP contribution in [0.25, 0.3) is 0 Å². The number of likely N-dealkylation sites (tertiary alicyclic amines) is 1. The van der Waals surface area contributed by atoms with Gasteiger partial charge in [-0.3, -0.25) is 5.41 Å². The number of nitrogens with zero attached hydrogens (tertiary/aromatic N) is 1. The number of amidine groups is 1. The summed E-state index contributed by atoms with van der Waals surface area (Å²) in [4.78, 5) is 2.35. The topological polar surface area (TPSA) is 27.1 Å². The van der Waals surface area contributed by atoms with Crippen molar-refractivity contribution in [2.24, 2.45) is 11.3 Å². The first-order valence-corrected chi connectivity index (χ1v) is 6.94. The fourth-order valence-corrected chi connectivity index (χ4v) is 3.73. The fourth-order valence-electron chi connectivity index (χ4n) is 3.73. The van der Waals surface area contributed by atoms with E-state index in [1.807, 2.05) is 0 Å². The van der Waals surface area contributed by atoms with Crippen LogP contribution in [0.15, 0.2) is 0 Å². The predicted molar refractivity (Wildman–Crippen MR) is 68.9 cm³/mol. The average Bonchev–Trinajstić information content (AvgIpc) is 2.77. The number of nitrogens with one attached hydrogen (secondary N) is 1. The van der Waals surface area contributed by atoms with E-state index in [1.54, 1.807) is 0 Å². The molecule has 0 aromatic heterocycles. The van der Waals surface area contributed by atoms with E-state index in [-0.39, 0.29) is 0 Å². The highest BCUT2D eigenvalue weighted by Crippen LogP contribution is 2.44. The molecule has 2 heteroatoms. The maximum atomic E-state index is 7.96. The van der Waals surface area contributed by atoms with E-state index in [2.05, 4.69) is 18.7 Å². The number of hydrogen-bond donors (Lipinski definition) is 1. The van der Waals surface area contributed by atoms with Gasteiger partial charge in [0.25, 0.3) is 0 Å². The average molecular weight is 222 g/mol. The number of rotatable bonds is 4. The van der Waals surface area contributed by atoms with Crippen LogP contribution in [0.5, 0.6) is 0 Å². The van der Waals surface area contributed by atoms with Crippen molar-refractivity contribution in [2.75, 3.05) is 13.1 Å². The predicted octanol–water partition coefficient (Wildman–Crippen LogP) is 3.67. The molecular weight excluding hydrogens is 196 g/mol. The molecule has 0 bridgehead atoms. The minimum atomic E-state index is 0.546. The van der Waals surface area contributed by atoms with Gasteiger partial charge in [0.05, 0.1) is 5.84 Å². The summed E-state index contributed by atoms with van der Waals surface area (Å²) in [6.07, 6.45) is 9.19. The molecule has 0 aromatic rings. The molecule has 16 heavy (non-hydrogen) atoms. The lowest BCUT2D eigenvalue weighted by Crippen LogP contribution is -2.37. The molecule has 0 unspecified atom stereocenters. The highest BCUT2D eigenvalue weighted by atomic mass is 15.2. The highest BCUT2D eigenvalue weighted by Gasteiger charge is 2.37. The molecule has 1 N–H and O–H groups in total. The van der Waals surface area contributed by atoms with Crippen LogP contribution in [-0.2, 0) is 0 Å².